The molecule has 0 aromatic heterocycles. The summed E-state index contributed by atoms with van der Waals surface area (Å²) in [6.07, 6.45) is 0. The molecule has 0 bridgehead atoms. The summed E-state index contributed by atoms with van der Waals surface area (Å²) in [7, 11) is -3.08. The summed E-state index contributed by atoms with van der Waals surface area (Å²) in [5.74, 6) is 0. The topological polar surface area (TPSA) is 6.48 Å². The molecule has 14 rings (SSSR count). The van der Waals surface area contributed by atoms with Crippen molar-refractivity contribution in [2.24, 2.45) is 0 Å². The van der Waals surface area contributed by atoms with Gasteiger partial charge in [-0.25, -0.2) is 0 Å². The van der Waals surface area contributed by atoms with Crippen LogP contribution in [0.2, 0.25) is 0 Å². The molecule has 0 saturated carbocycles. The Hall–Kier alpha value is -7.85. The van der Waals surface area contributed by atoms with Crippen LogP contribution in [-0.4, -0.2) is 21.8 Å². The maximum Gasteiger partial charge on any atom is 0.329 e. The lowest BCUT2D eigenvalue weighted by molar-refractivity contribution is 1.35. The fourth-order valence-electron chi connectivity index (χ4n) is 12.2. The SMILES string of the molecule is c1ccc([Si](c2ccccc2)(c2ccc3c(c2)B2c4ccccc4-c4ccccc4N2c2ccccc2-3)c2ccc3c(c2)B2c4ccccc4-c4ccccc4N2c2ccccc2-3)cc1. The van der Waals surface area contributed by atoms with Crippen LogP contribution in [0.3, 0.4) is 0 Å². The van der Waals surface area contributed by atoms with Crippen LogP contribution in [0.15, 0.2) is 243 Å². The quantitative estimate of drug-likeness (QED) is 0.129. The zero-order chi connectivity index (χ0) is 42.6. The van der Waals surface area contributed by atoms with Crippen molar-refractivity contribution in [3.8, 4) is 44.5 Å². The average Bonchev–Trinajstić information content (AvgIpc) is 3.39. The lowest BCUT2D eigenvalue weighted by Crippen LogP contribution is -2.76. The zero-order valence-electron chi connectivity index (χ0n) is 35.6. The van der Waals surface area contributed by atoms with Gasteiger partial charge in [0, 0.05) is 45.0 Å². The van der Waals surface area contributed by atoms with Gasteiger partial charge >= 0.3 is 13.7 Å². The van der Waals surface area contributed by atoms with Crippen LogP contribution in [0.1, 0.15) is 0 Å². The van der Waals surface area contributed by atoms with Crippen LogP contribution in [0.25, 0.3) is 44.5 Å². The minimum Gasteiger partial charge on any atom is -0.376 e. The van der Waals surface area contributed by atoms with Crippen molar-refractivity contribution in [3.05, 3.63) is 243 Å². The molecule has 300 valence electrons. The Morgan fingerprint density at radius 2 is 0.523 bits per heavy atom. The predicted molar refractivity (Wildman–Crippen MR) is 279 cm³/mol. The first-order chi connectivity index (χ1) is 32.3. The van der Waals surface area contributed by atoms with Crippen molar-refractivity contribution in [1.29, 1.82) is 0 Å². The molecule has 0 radical (unpaired) electrons. The molecule has 0 amide bonds. The van der Waals surface area contributed by atoms with Crippen LogP contribution in [-0.2, 0) is 0 Å². The van der Waals surface area contributed by atoms with Crippen molar-refractivity contribution >= 4 is 87.1 Å². The Balaban J connectivity index is 1.07. The van der Waals surface area contributed by atoms with Crippen LogP contribution < -0.4 is 52.2 Å². The highest BCUT2D eigenvalue weighted by Crippen LogP contribution is 2.47. The highest BCUT2D eigenvalue weighted by molar-refractivity contribution is 7.20. The largest absolute Gasteiger partial charge is 0.376 e. The summed E-state index contributed by atoms with van der Waals surface area (Å²) in [5.41, 5.74) is 20.7. The molecule has 4 heterocycles. The molecule has 5 heteroatoms. The maximum absolute atomic E-state index is 3.08. The van der Waals surface area contributed by atoms with E-state index >= 15 is 0 Å². The van der Waals surface area contributed by atoms with E-state index in [0.717, 1.165) is 0 Å². The molecule has 0 saturated heterocycles. The van der Waals surface area contributed by atoms with Crippen LogP contribution in [0.4, 0.5) is 22.7 Å². The van der Waals surface area contributed by atoms with Gasteiger partial charge in [0.25, 0.3) is 0 Å². The molecule has 65 heavy (non-hydrogen) atoms. The van der Waals surface area contributed by atoms with Gasteiger partial charge in [0.05, 0.1) is 0 Å². The lowest BCUT2D eigenvalue weighted by atomic mass is 9.43. The van der Waals surface area contributed by atoms with Gasteiger partial charge in [0.15, 0.2) is 8.07 Å². The van der Waals surface area contributed by atoms with Crippen molar-refractivity contribution in [3.63, 3.8) is 0 Å². The van der Waals surface area contributed by atoms with Gasteiger partial charge in [0.2, 0.25) is 0 Å². The van der Waals surface area contributed by atoms with Crippen LogP contribution in [0.5, 0.6) is 0 Å². The second kappa shape index (κ2) is 14.1. The molecule has 0 spiro atoms. The van der Waals surface area contributed by atoms with E-state index in [9.17, 15) is 0 Å². The van der Waals surface area contributed by atoms with Gasteiger partial charge < -0.3 is 9.62 Å². The van der Waals surface area contributed by atoms with Crippen molar-refractivity contribution in [2.45, 2.75) is 0 Å². The Morgan fingerprint density at radius 1 is 0.231 bits per heavy atom. The Bertz CT molecular complexity index is 3320. The fraction of sp³-hybridized carbons (Fsp3) is 0. The minimum absolute atomic E-state index is 0.00315. The molecule has 0 fully saturated rings. The number of hydrogen-bond acceptors (Lipinski definition) is 2. The first kappa shape index (κ1) is 36.6. The van der Waals surface area contributed by atoms with Crippen LogP contribution in [0, 0.1) is 0 Å². The number of benzene rings is 10. The fourth-order valence-corrected chi connectivity index (χ4v) is 17.0. The molecule has 0 N–H and O–H groups in total. The molecule has 10 aromatic rings. The number of nitrogens with zero attached hydrogens (tertiary/aromatic N) is 2. The van der Waals surface area contributed by atoms with E-state index in [1.807, 2.05) is 0 Å². The second-order valence-electron chi connectivity index (χ2n) is 17.9. The van der Waals surface area contributed by atoms with Crippen molar-refractivity contribution in [2.75, 3.05) is 9.62 Å². The Kier molecular flexibility index (Phi) is 7.93. The molecule has 10 aromatic carbocycles. The average molecular weight is 839 g/mol. The monoisotopic (exact) mass is 838 g/mol. The Labute approximate surface area is 382 Å². The third-order valence-corrected chi connectivity index (χ3v) is 19.6. The van der Waals surface area contributed by atoms with E-state index in [-0.39, 0.29) is 13.7 Å². The third kappa shape index (κ3) is 5.07. The molecule has 0 aliphatic carbocycles. The number of para-hydroxylation sites is 4. The van der Waals surface area contributed by atoms with Gasteiger partial charge in [-0.1, -0.05) is 218 Å². The summed E-state index contributed by atoms with van der Waals surface area (Å²) < 4.78 is 0. The number of rotatable bonds is 4. The summed E-state index contributed by atoms with van der Waals surface area (Å²) in [6, 6.07) is 92.3. The number of fused-ring (bicyclic) bond motifs is 22. The minimum atomic E-state index is -3.08. The number of hydrogen-bond donors (Lipinski definition) is 0. The van der Waals surface area contributed by atoms with Gasteiger partial charge in [-0.2, -0.15) is 0 Å². The van der Waals surface area contributed by atoms with E-state index < -0.39 is 8.07 Å². The summed E-state index contributed by atoms with van der Waals surface area (Å²) in [4.78, 5) is 5.24. The first-order valence-electron chi connectivity index (χ1n) is 22.8. The molecule has 4 aliphatic rings. The van der Waals surface area contributed by atoms with Crippen LogP contribution >= 0.6 is 0 Å². The highest BCUT2D eigenvalue weighted by Gasteiger charge is 2.48. The summed E-state index contributed by atoms with van der Waals surface area (Å²) >= 11 is 0. The second-order valence-corrected chi connectivity index (χ2v) is 21.7. The molecule has 0 atom stereocenters. The normalized spacial score (nSPS) is 13.4. The highest BCUT2D eigenvalue weighted by atomic mass is 28.3. The molecule has 0 unspecified atom stereocenters. The maximum atomic E-state index is 2.63. The van der Waals surface area contributed by atoms with E-state index in [1.165, 1.54) is 110 Å². The van der Waals surface area contributed by atoms with E-state index in [1.54, 1.807) is 0 Å². The number of anilines is 4. The van der Waals surface area contributed by atoms with Crippen molar-refractivity contribution < 1.29 is 0 Å². The smallest absolute Gasteiger partial charge is 0.329 e. The van der Waals surface area contributed by atoms with E-state index in [0.29, 0.717) is 0 Å². The Morgan fingerprint density at radius 3 is 0.892 bits per heavy atom. The lowest BCUT2D eigenvalue weighted by Gasteiger charge is -2.45. The zero-order valence-corrected chi connectivity index (χ0v) is 36.6. The van der Waals surface area contributed by atoms with E-state index in [4.69, 9.17) is 0 Å². The van der Waals surface area contributed by atoms with Gasteiger partial charge in [-0.15, -0.1) is 0 Å². The van der Waals surface area contributed by atoms with E-state index in [2.05, 4.69) is 252 Å². The summed E-state index contributed by atoms with van der Waals surface area (Å²) in [5, 5.41) is 5.51. The molecular formula is C60H40B2N2Si. The molecular weight excluding hydrogens is 798 g/mol. The third-order valence-electron chi connectivity index (χ3n) is 14.8. The summed E-state index contributed by atoms with van der Waals surface area (Å²) in [6.45, 7) is -0.00630. The van der Waals surface area contributed by atoms with Gasteiger partial charge in [-0.3, -0.25) is 0 Å². The molecule has 2 nitrogen and oxygen atoms in total. The first-order valence-corrected chi connectivity index (χ1v) is 24.8. The van der Waals surface area contributed by atoms with Gasteiger partial charge in [-0.05, 0) is 89.1 Å². The molecule has 4 aliphatic heterocycles. The predicted octanol–water partition coefficient (Wildman–Crippen LogP) is 8.87. The van der Waals surface area contributed by atoms with Gasteiger partial charge in [0.1, 0.15) is 0 Å². The van der Waals surface area contributed by atoms with Crippen molar-refractivity contribution in [1.82, 2.24) is 0 Å². The standard InChI is InChI=1S/C60H40B2N2Si/c1-3-19-41(20-4-1)65(42-21-5-2-6-22-42,43-35-37-47-51-27-11-17-33-59(51)63-57-31-15-9-25-49(57)45-23-7-13-29-53(45)61(63)55(47)39-43)44-36-38-48-52-28-12-18-34-60(52)64-58-32-16-10-26-50(58)46-24-8-14-30-54(46)62(64)56(48)40-44/h1-40H.